The van der Waals surface area contributed by atoms with Gasteiger partial charge < -0.3 is 10.2 Å². The number of rotatable bonds is 12. The molecule has 0 saturated heterocycles. The zero-order chi connectivity index (χ0) is 17.0. The van der Waals surface area contributed by atoms with E-state index in [9.17, 15) is 0 Å². The molecule has 0 aromatic rings. The molecule has 0 amide bonds. The van der Waals surface area contributed by atoms with E-state index in [1.807, 2.05) is 0 Å². The van der Waals surface area contributed by atoms with Crippen LogP contribution in [-0.4, -0.2) is 22.9 Å². The molecule has 0 bridgehead atoms. The fourth-order valence-electron chi connectivity index (χ4n) is 2.91. The molecule has 138 valence electrons. The molecule has 0 aromatic heterocycles. The fraction of sp³-hybridized carbons (Fsp3) is 0.905. The minimum Gasteiger partial charge on any atom is -0.396 e. The Balaban J connectivity index is 0.000000568. The van der Waals surface area contributed by atoms with E-state index in [1.54, 1.807) is 0 Å². The molecular weight excluding hydrogens is 284 g/mol. The molecule has 0 aromatic carbocycles. The minimum atomic E-state index is 0.0359. The number of allylic oxidation sites excluding steroid dienone is 2. The molecule has 0 spiro atoms. The first-order valence-corrected chi connectivity index (χ1v) is 10.2. The monoisotopic (exact) mass is 326 g/mol. The highest BCUT2D eigenvalue weighted by Gasteiger charge is 2.07. The van der Waals surface area contributed by atoms with Gasteiger partial charge in [-0.25, -0.2) is 0 Å². The van der Waals surface area contributed by atoms with Crippen LogP contribution in [0.2, 0.25) is 0 Å². The third-order valence-electron chi connectivity index (χ3n) is 4.49. The number of hydrogen-bond donors (Lipinski definition) is 2. The molecule has 1 fully saturated rings. The molecule has 1 saturated carbocycles. The highest BCUT2D eigenvalue weighted by molar-refractivity contribution is 4.81. The average molecular weight is 327 g/mol. The van der Waals surface area contributed by atoms with Gasteiger partial charge in [-0.15, -0.1) is 0 Å². The van der Waals surface area contributed by atoms with E-state index in [4.69, 9.17) is 10.2 Å². The van der Waals surface area contributed by atoms with Crippen LogP contribution in [0.15, 0.2) is 12.2 Å². The fourth-order valence-corrected chi connectivity index (χ4v) is 2.91. The van der Waals surface area contributed by atoms with E-state index in [0.717, 1.165) is 25.7 Å². The number of hydrogen-bond acceptors (Lipinski definition) is 2. The maximum absolute atomic E-state index is 8.91. The first-order valence-electron chi connectivity index (χ1n) is 10.2. The third kappa shape index (κ3) is 19.6. The van der Waals surface area contributed by atoms with Crippen molar-refractivity contribution < 1.29 is 10.2 Å². The van der Waals surface area contributed by atoms with Crippen LogP contribution in [-0.2, 0) is 0 Å². The summed E-state index contributed by atoms with van der Waals surface area (Å²) in [5.41, 5.74) is 0. The van der Waals surface area contributed by atoms with Gasteiger partial charge in [-0.3, -0.25) is 0 Å². The Morgan fingerprint density at radius 1 is 0.739 bits per heavy atom. The van der Waals surface area contributed by atoms with Gasteiger partial charge in [-0.2, -0.15) is 0 Å². The molecule has 1 aliphatic rings. The number of unbranched alkanes of at least 4 members (excludes halogenated alkanes) is 9. The largest absolute Gasteiger partial charge is 0.396 e. The van der Waals surface area contributed by atoms with E-state index in [2.05, 4.69) is 19.1 Å². The molecule has 0 heterocycles. The predicted molar refractivity (Wildman–Crippen MR) is 102 cm³/mol. The van der Waals surface area contributed by atoms with Crippen LogP contribution < -0.4 is 0 Å². The smallest absolute Gasteiger partial charge is 0.0540 e. The zero-order valence-electron chi connectivity index (χ0n) is 15.6. The quantitative estimate of drug-likeness (QED) is 0.333. The van der Waals surface area contributed by atoms with E-state index in [-0.39, 0.29) is 6.10 Å². The highest BCUT2D eigenvalue weighted by atomic mass is 16.3. The second-order valence-corrected chi connectivity index (χ2v) is 6.89. The Bertz CT molecular complexity index is 232. The van der Waals surface area contributed by atoms with E-state index < -0.39 is 0 Å². The highest BCUT2D eigenvalue weighted by Crippen LogP contribution is 2.16. The average Bonchev–Trinajstić information content (AvgIpc) is 2.57. The Morgan fingerprint density at radius 2 is 1.26 bits per heavy atom. The zero-order valence-corrected chi connectivity index (χ0v) is 15.6. The Morgan fingerprint density at radius 3 is 1.74 bits per heavy atom. The topological polar surface area (TPSA) is 40.5 Å². The molecule has 0 unspecified atom stereocenters. The Hall–Kier alpha value is -0.340. The van der Waals surface area contributed by atoms with Crippen LogP contribution in [0.1, 0.15) is 110 Å². The second kappa shape index (κ2) is 19.7. The third-order valence-corrected chi connectivity index (χ3v) is 4.49. The van der Waals surface area contributed by atoms with Gasteiger partial charge in [0.05, 0.1) is 6.10 Å². The van der Waals surface area contributed by atoms with Crippen LogP contribution in [0.3, 0.4) is 0 Å². The van der Waals surface area contributed by atoms with E-state index >= 15 is 0 Å². The van der Waals surface area contributed by atoms with Crippen molar-refractivity contribution in [2.75, 3.05) is 6.61 Å². The molecule has 23 heavy (non-hydrogen) atoms. The van der Waals surface area contributed by atoms with E-state index in [1.165, 1.54) is 77.0 Å². The van der Waals surface area contributed by atoms with Gasteiger partial charge in [0.1, 0.15) is 0 Å². The van der Waals surface area contributed by atoms with Gasteiger partial charge >= 0.3 is 0 Å². The maximum Gasteiger partial charge on any atom is 0.0540 e. The van der Waals surface area contributed by atoms with Gasteiger partial charge in [0.15, 0.2) is 0 Å². The lowest BCUT2D eigenvalue weighted by atomic mass is 9.98. The van der Waals surface area contributed by atoms with Crippen molar-refractivity contribution in [3.8, 4) is 0 Å². The molecule has 0 aliphatic heterocycles. The van der Waals surface area contributed by atoms with Crippen LogP contribution in [0, 0.1) is 0 Å². The van der Waals surface area contributed by atoms with Crippen molar-refractivity contribution in [3.05, 3.63) is 12.2 Å². The lowest BCUT2D eigenvalue weighted by Crippen LogP contribution is -2.09. The number of aliphatic hydroxyl groups excluding tert-OH is 2. The summed E-state index contributed by atoms with van der Waals surface area (Å²) in [5, 5.41) is 17.5. The van der Waals surface area contributed by atoms with Gasteiger partial charge in [-0.05, 0) is 44.9 Å². The molecule has 0 atom stereocenters. The van der Waals surface area contributed by atoms with Gasteiger partial charge in [0, 0.05) is 6.61 Å². The molecular formula is C21H42O2. The van der Waals surface area contributed by atoms with Gasteiger partial charge in [0.2, 0.25) is 0 Å². The normalized spacial score (nSPS) is 15.6. The molecule has 2 nitrogen and oxygen atoms in total. The maximum atomic E-state index is 8.91. The summed E-state index contributed by atoms with van der Waals surface area (Å²) in [5.74, 6) is 0. The van der Waals surface area contributed by atoms with Crippen molar-refractivity contribution in [1.82, 2.24) is 0 Å². The standard InChI is InChI=1S/C15H30O.C6H12O/c1-2-3-4-5-6-7-8-9-10-11-12-13-14-15-16;7-6-4-2-1-3-5-6/h9-10,16H,2-8,11-15H2,1H3;6-7H,1-5H2. The molecule has 1 rings (SSSR count). The molecule has 0 radical (unpaired) electrons. The van der Waals surface area contributed by atoms with Crippen molar-refractivity contribution >= 4 is 0 Å². The molecule has 2 N–H and O–H groups in total. The first kappa shape index (κ1) is 22.7. The molecule has 1 aliphatic carbocycles. The van der Waals surface area contributed by atoms with Crippen LogP contribution >= 0.6 is 0 Å². The summed E-state index contributed by atoms with van der Waals surface area (Å²) in [6.07, 6.45) is 24.7. The van der Waals surface area contributed by atoms with Gasteiger partial charge in [0.25, 0.3) is 0 Å². The first-order chi connectivity index (χ1) is 11.3. The van der Waals surface area contributed by atoms with Crippen LogP contribution in [0.25, 0.3) is 0 Å². The lowest BCUT2D eigenvalue weighted by Gasteiger charge is -2.14. The Kier molecular flexibility index (Phi) is 19.4. The van der Waals surface area contributed by atoms with Crippen LogP contribution in [0.5, 0.6) is 0 Å². The second-order valence-electron chi connectivity index (χ2n) is 6.89. The van der Waals surface area contributed by atoms with E-state index in [0.29, 0.717) is 6.61 Å². The number of aliphatic hydroxyl groups is 2. The van der Waals surface area contributed by atoms with Crippen molar-refractivity contribution in [2.24, 2.45) is 0 Å². The van der Waals surface area contributed by atoms with Gasteiger partial charge in [-0.1, -0.05) is 76.9 Å². The molecule has 2 heteroatoms. The van der Waals surface area contributed by atoms with Crippen molar-refractivity contribution in [3.63, 3.8) is 0 Å². The van der Waals surface area contributed by atoms with Crippen molar-refractivity contribution in [1.29, 1.82) is 0 Å². The summed E-state index contributed by atoms with van der Waals surface area (Å²) >= 11 is 0. The lowest BCUT2D eigenvalue weighted by molar-refractivity contribution is 0.130. The SMILES string of the molecule is CCCCCCCCC=CCCCCCO.OC1CCCCC1. The minimum absolute atomic E-state index is 0.0359. The van der Waals surface area contributed by atoms with Crippen molar-refractivity contribution in [2.45, 2.75) is 116 Å². The van der Waals surface area contributed by atoms with Crippen LogP contribution in [0.4, 0.5) is 0 Å². The predicted octanol–water partition coefficient (Wildman–Crippen LogP) is 6.16. The summed E-state index contributed by atoms with van der Waals surface area (Å²) < 4.78 is 0. The summed E-state index contributed by atoms with van der Waals surface area (Å²) in [7, 11) is 0. The summed E-state index contributed by atoms with van der Waals surface area (Å²) in [6.45, 7) is 2.61. The summed E-state index contributed by atoms with van der Waals surface area (Å²) in [4.78, 5) is 0. The summed E-state index contributed by atoms with van der Waals surface area (Å²) in [6, 6.07) is 0. The Labute approximate surface area is 145 Å².